The van der Waals surface area contributed by atoms with E-state index in [1.807, 2.05) is 44.7 Å². The number of aromatic nitrogens is 3. The van der Waals surface area contributed by atoms with Crippen molar-refractivity contribution in [2.45, 2.75) is 59.0 Å². The van der Waals surface area contributed by atoms with E-state index in [1.165, 1.54) is 6.08 Å². The van der Waals surface area contributed by atoms with Crippen LogP contribution in [0.1, 0.15) is 44.2 Å². The smallest absolute Gasteiger partial charge is 0.246 e. The molecule has 11 nitrogen and oxygen atoms in total. The Bertz CT molecular complexity index is 1820. The zero-order valence-corrected chi connectivity index (χ0v) is 26.2. The van der Waals surface area contributed by atoms with Crippen LogP contribution in [0.2, 0.25) is 0 Å². The molecule has 2 aromatic carbocycles. The number of nitrogens with two attached hydrogens (primary N) is 1. The fourth-order valence-corrected chi connectivity index (χ4v) is 6.68. The molecule has 6 rings (SSSR count). The molecule has 2 aliphatic heterocycles. The Labute approximate surface area is 261 Å². The molecule has 4 aromatic rings. The van der Waals surface area contributed by atoms with Crippen LogP contribution in [0.25, 0.3) is 33.0 Å². The normalized spacial score (nSPS) is 18.6. The molecular weight excluding hydrogens is 575 g/mol. The predicted octanol–water partition coefficient (Wildman–Crippen LogP) is 4.81. The van der Waals surface area contributed by atoms with Crippen molar-refractivity contribution >= 4 is 51.3 Å². The largest absolute Gasteiger partial charge is 0.380 e. The maximum atomic E-state index is 17.0. The highest BCUT2D eigenvalue weighted by atomic mass is 19.1. The van der Waals surface area contributed by atoms with Crippen LogP contribution in [0.5, 0.6) is 0 Å². The summed E-state index contributed by atoms with van der Waals surface area (Å²) < 4.78 is 22.4. The molecule has 2 saturated heterocycles. The first-order valence-corrected chi connectivity index (χ1v) is 15.5. The van der Waals surface area contributed by atoms with Crippen molar-refractivity contribution in [3.63, 3.8) is 0 Å². The second-order valence-corrected chi connectivity index (χ2v) is 12.2. The lowest BCUT2D eigenvalue weighted by Crippen LogP contribution is -2.58. The van der Waals surface area contributed by atoms with Crippen molar-refractivity contribution in [2.75, 3.05) is 48.7 Å². The summed E-state index contributed by atoms with van der Waals surface area (Å²) in [6.45, 7) is 14.2. The summed E-state index contributed by atoms with van der Waals surface area (Å²) in [6, 6.07) is 5.28. The van der Waals surface area contributed by atoms with Gasteiger partial charge in [0, 0.05) is 67.7 Å². The third-order valence-electron chi connectivity index (χ3n) is 9.03. The number of likely N-dealkylation sites (tertiary alicyclic amines) is 1. The number of piperazine rings is 1. The van der Waals surface area contributed by atoms with Gasteiger partial charge in [0.2, 0.25) is 17.8 Å². The maximum Gasteiger partial charge on any atom is 0.246 e. The van der Waals surface area contributed by atoms with Gasteiger partial charge in [0.25, 0.3) is 0 Å². The number of amides is 2. The van der Waals surface area contributed by atoms with Gasteiger partial charge < -0.3 is 30.3 Å². The highest BCUT2D eigenvalue weighted by Crippen LogP contribution is 2.42. The molecule has 0 spiro atoms. The van der Waals surface area contributed by atoms with E-state index in [1.54, 1.807) is 11.0 Å². The molecule has 2 aliphatic rings. The number of carbonyl (C=O) groups excluding carboxylic acids is 2. The number of benzene rings is 2. The Balaban J connectivity index is 1.46. The average molecular weight is 615 g/mol. The minimum atomic E-state index is -0.512. The summed E-state index contributed by atoms with van der Waals surface area (Å²) in [4.78, 5) is 40.6. The van der Waals surface area contributed by atoms with Gasteiger partial charge in [-0.05, 0) is 69.9 Å². The first-order valence-electron chi connectivity index (χ1n) is 15.5. The van der Waals surface area contributed by atoms with Gasteiger partial charge in [-0.2, -0.15) is 4.98 Å². The number of nitrogens with zero attached hydrogens (tertiary/aromatic N) is 6. The van der Waals surface area contributed by atoms with Gasteiger partial charge in [0.1, 0.15) is 11.3 Å². The van der Waals surface area contributed by atoms with Crippen LogP contribution < -0.4 is 16.0 Å². The molecule has 12 heteroatoms. The first kappa shape index (κ1) is 30.3. The maximum absolute atomic E-state index is 17.0. The second-order valence-electron chi connectivity index (χ2n) is 12.2. The fourth-order valence-electron chi connectivity index (χ4n) is 6.68. The van der Waals surface area contributed by atoms with Crippen LogP contribution in [0.3, 0.4) is 0 Å². The average Bonchev–Trinajstić information content (AvgIpc) is 3.69. The van der Waals surface area contributed by atoms with Gasteiger partial charge in [-0.15, -0.1) is 0 Å². The summed E-state index contributed by atoms with van der Waals surface area (Å²) >= 11 is 0. The highest BCUT2D eigenvalue weighted by Gasteiger charge is 2.34. The molecule has 45 heavy (non-hydrogen) atoms. The van der Waals surface area contributed by atoms with Crippen LogP contribution >= 0.6 is 0 Å². The first-order chi connectivity index (χ1) is 21.6. The Morgan fingerprint density at radius 1 is 1.11 bits per heavy atom. The van der Waals surface area contributed by atoms with Gasteiger partial charge in [-0.3, -0.25) is 9.59 Å². The minimum Gasteiger partial charge on any atom is -0.380 e. The Kier molecular flexibility index (Phi) is 8.07. The second kappa shape index (κ2) is 12.0. The zero-order chi connectivity index (χ0) is 32.0. The number of halogens is 1. The van der Waals surface area contributed by atoms with Gasteiger partial charge in [0.05, 0.1) is 5.39 Å². The lowest BCUT2D eigenvalue weighted by atomic mass is 9.91. The molecule has 0 saturated carbocycles. The van der Waals surface area contributed by atoms with E-state index in [0.29, 0.717) is 58.5 Å². The lowest BCUT2D eigenvalue weighted by Gasteiger charge is -2.44. The number of carbonyl (C=O) groups is 2. The van der Waals surface area contributed by atoms with Crippen LogP contribution in [0.4, 0.5) is 22.0 Å². The summed E-state index contributed by atoms with van der Waals surface area (Å²) in [6.07, 6.45) is 3.65. The van der Waals surface area contributed by atoms with Gasteiger partial charge >= 0.3 is 0 Å². The molecule has 0 radical (unpaired) electrons. The number of nitrogens with one attached hydrogen (secondary N) is 1. The Hall–Kier alpha value is -4.74. The van der Waals surface area contributed by atoms with Crippen LogP contribution in [-0.2, 0) is 9.59 Å². The van der Waals surface area contributed by atoms with Crippen molar-refractivity contribution < 1.29 is 18.5 Å². The number of aryl methyl sites for hydroxylation is 2. The molecule has 2 aromatic heterocycles. The molecule has 0 aliphatic carbocycles. The molecule has 2 amide bonds. The van der Waals surface area contributed by atoms with Crippen molar-refractivity contribution in [1.29, 1.82) is 0 Å². The Morgan fingerprint density at radius 3 is 2.60 bits per heavy atom. The number of fused-ring (bicyclic) bond motifs is 2. The topological polar surface area (TPSA) is 134 Å². The van der Waals surface area contributed by atoms with E-state index in [9.17, 15) is 9.59 Å². The van der Waals surface area contributed by atoms with Crippen molar-refractivity contribution in [1.82, 2.24) is 24.9 Å². The molecule has 4 heterocycles. The van der Waals surface area contributed by atoms with Crippen molar-refractivity contribution in [3.8, 4) is 11.1 Å². The number of hydrogen-bond donors (Lipinski definition) is 2. The summed E-state index contributed by atoms with van der Waals surface area (Å²) in [5.41, 5.74) is 9.28. The molecular formula is C33H39FN8O3. The third-order valence-corrected chi connectivity index (χ3v) is 9.03. The van der Waals surface area contributed by atoms with E-state index in [4.69, 9.17) is 15.2 Å². The number of anilines is 3. The zero-order valence-electron chi connectivity index (χ0n) is 26.2. The lowest BCUT2D eigenvalue weighted by molar-refractivity contribution is -0.130. The summed E-state index contributed by atoms with van der Waals surface area (Å²) in [5.74, 6) is 0.407. The quantitative estimate of drug-likeness (QED) is 0.281. The number of rotatable bonds is 7. The molecule has 236 valence electrons. The van der Waals surface area contributed by atoms with E-state index in [-0.39, 0.29) is 47.6 Å². The Morgan fingerprint density at radius 2 is 1.87 bits per heavy atom. The molecule has 2 fully saturated rings. The van der Waals surface area contributed by atoms with Crippen molar-refractivity contribution in [2.24, 2.45) is 0 Å². The standard InChI is InChI=1S/C33H39FN8O3/c1-6-24(43)41-16-21(5)42(17-20(41)4)32-22-15-19(3)27(26-18(2)9-10-23-28(26)31(35)39-45-23)29(34)30(22)37-33(38-32)36-12-11-25(44)40-13-7-8-14-40/h6,9-10,15,20-21H,1,7-8,11-14,16-17H2,2-5H3,(H2,35,39)(H,36,37,38)/t20-,21+/m1/s1. The van der Waals surface area contributed by atoms with E-state index < -0.39 is 5.82 Å². The summed E-state index contributed by atoms with van der Waals surface area (Å²) in [7, 11) is 0. The van der Waals surface area contributed by atoms with E-state index >= 15 is 4.39 Å². The minimum absolute atomic E-state index is 0.0745. The highest BCUT2D eigenvalue weighted by molar-refractivity contribution is 6.05. The van der Waals surface area contributed by atoms with Gasteiger partial charge in [-0.25, -0.2) is 9.37 Å². The molecule has 0 bridgehead atoms. The van der Waals surface area contributed by atoms with Crippen LogP contribution in [0.15, 0.2) is 35.4 Å². The van der Waals surface area contributed by atoms with Gasteiger partial charge in [-0.1, -0.05) is 17.8 Å². The van der Waals surface area contributed by atoms with Crippen LogP contribution in [-0.4, -0.2) is 81.5 Å². The van der Waals surface area contributed by atoms with Gasteiger partial charge in [0.15, 0.2) is 17.2 Å². The number of nitrogen functional groups attached to an aromatic ring is 1. The van der Waals surface area contributed by atoms with E-state index in [0.717, 1.165) is 31.5 Å². The number of hydrogen-bond acceptors (Lipinski definition) is 9. The van der Waals surface area contributed by atoms with E-state index in [2.05, 4.69) is 26.9 Å². The fraction of sp³-hybridized carbons (Fsp3) is 0.424. The SMILES string of the molecule is C=CC(=O)N1C[C@H](C)N(c2nc(NCCC(=O)N3CCCC3)nc3c(F)c(-c4c(C)ccc5onc(N)c45)c(C)cc23)C[C@H]1C. The van der Waals surface area contributed by atoms with Crippen molar-refractivity contribution in [3.05, 3.63) is 47.8 Å². The predicted molar refractivity (Wildman–Crippen MR) is 173 cm³/mol. The van der Waals surface area contributed by atoms with Crippen LogP contribution in [0, 0.1) is 19.7 Å². The summed E-state index contributed by atoms with van der Waals surface area (Å²) in [5, 5.41) is 8.22. The molecule has 2 atom stereocenters. The third kappa shape index (κ3) is 5.42. The molecule has 3 N–H and O–H groups in total. The molecule has 0 unspecified atom stereocenters. The monoisotopic (exact) mass is 614 g/mol.